The molecule has 0 fully saturated rings. The molecule has 64 valence electrons. The molecule has 0 atom stereocenters. The van der Waals surface area contributed by atoms with E-state index in [0.717, 1.165) is 10.2 Å². The maximum atomic E-state index is 9.99. The third-order valence-corrected chi connectivity index (χ3v) is 2.59. The van der Waals surface area contributed by atoms with Crippen LogP contribution in [0.15, 0.2) is 23.2 Å². The summed E-state index contributed by atoms with van der Waals surface area (Å²) in [5.74, 6) is 0. The Kier molecular flexibility index (Phi) is 1.93. The molecule has 0 spiro atoms. The third-order valence-electron chi connectivity index (χ3n) is 1.67. The lowest BCUT2D eigenvalue weighted by Gasteiger charge is -1.88. The maximum Gasteiger partial charge on any atom is 0.242 e. The fourth-order valence-corrected chi connectivity index (χ4v) is 1.99. The minimum atomic E-state index is 0.468. The molecule has 0 aliphatic heterocycles. The Hall–Kier alpha value is -1.51. The van der Waals surface area contributed by atoms with Gasteiger partial charge in [-0.25, -0.2) is 9.78 Å². The molecule has 2 aromatic rings. The molecule has 0 bridgehead atoms. The van der Waals surface area contributed by atoms with Gasteiger partial charge >= 0.3 is 0 Å². The van der Waals surface area contributed by atoms with Crippen LogP contribution in [-0.2, 0) is 4.79 Å². The molecule has 0 unspecified atom stereocenters. The molecule has 0 aliphatic rings. The number of benzene rings is 1. The van der Waals surface area contributed by atoms with Crippen molar-refractivity contribution in [1.82, 2.24) is 4.98 Å². The van der Waals surface area contributed by atoms with Crippen LogP contribution in [0.2, 0.25) is 0 Å². The molecular weight excluding hydrogens is 184 g/mol. The number of rotatable bonds is 1. The van der Waals surface area contributed by atoms with E-state index in [2.05, 4.69) is 9.98 Å². The lowest BCUT2D eigenvalue weighted by Crippen LogP contribution is -1.69. The van der Waals surface area contributed by atoms with Gasteiger partial charge in [0.25, 0.3) is 0 Å². The van der Waals surface area contributed by atoms with Crippen molar-refractivity contribution in [2.24, 2.45) is 4.99 Å². The number of aryl methyl sites for hydroxylation is 1. The summed E-state index contributed by atoms with van der Waals surface area (Å²) in [6.45, 7) is 2.02. The van der Waals surface area contributed by atoms with E-state index >= 15 is 0 Å². The van der Waals surface area contributed by atoms with Gasteiger partial charge in [-0.05, 0) is 24.6 Å². The van der Waals surface area contributed by atoms with Crippen LogP contribution in [0.1, 0.15) is 5.56 Å². The van der Waals surface area contributed by atoms with Crippen LogP contribution >= 0.6 is 11.3 Å². The summed E-state index contributed by atoms with van der Waals surface area (Å²) in [6, 6.07) is 5.93. The molecule has 0 N–H and O–H groups in total. The number of aliphatic imine (C=N–C) groups is 1. The van der Waals surface area contributed by atoms with Gasteiger partial charge in [0, 0.05) is 0 Å². The first-order valence-electron chi connectivity index (χ1n) is 3.74. The zero-order valence-electron chi connectivity index (χ0n) is 6.94. The highest BCUT2D eigenvalue weighted by atomic mass is 32.1. The standard InChI is InChI=1S/C9H6N2OS/c1-6-2-3-7-8(4-6)13-9(11-7)10-5-12/h2-4H,1H3. The highest BCUT2D eigenvalue weighted by molar-refractivity contribution is 7.22. The number of fused-ring (bicyclic) bond motifs is 1. The van der Waals surface area contributed by atoms with Crippen molar-refractivity contribution in [1.29, 1.82) is 0 Å². The van der Waals surface area contributed by atoms with Gasteiger partial charge in [0.1, 0.15) is 0 Å². The Morgan fingerprint density at radius 3 is 3.15 bits per heavy atom. The van der Waals surface area contributed by atoms with Gasteiger partial charge in [-0.1, -0.05) is 17.4 Å². The number of isocyanates is 1. The van der Waals surface area contributed by atoms with Gasteiger partial charge in [-0.15, -0.1) is 4.99 Å². The Bertz CT molecular complexity index is 497. The molecule has 0 saturated heterocycles. The highest BCUT2D eigenvalue weighted by Crippen LogP contribution is 2.27. The van der Waals surface area contributed by atoms with E-state index in [1.165, 1.54) is 23.0 Å². The monoisotopic (exact) mass is 190 g/mol. The normalized spacial score (nSPS) is 9.92. The van der Waals surface area contributed by atoms with Crippen LogP contribution < -0.4 is 0 Å². The Balaban J connectivity index is 2.68. The van der Waals surface area contributed by atoms with Crippen molar-refractivity contribution in [2.45, 2.75) is 6.92 Å². The summed E-state index contributed by atoms with van der Waals surface area (Å²) in [5.41, 5.74) is 2.06. The Morgan fingerprint density at radius 2 is 2.38 bits per heavy atom. The van der Waals surface area contributed by atoms with Crippen LogP contribution in [0.3, 0.4) is 0 Å². The lowest BCUT2D eigenvalue weighted by atomic mass is 10.2. The predicted octanol–water partition coefficient (Wildman–Crippen LogP) is 2.57. The van der Waals surface area contributed by atoms with Crippen molar-refractivity contribution >= 4 is 32.8 Å². The first kappa shape index (κ1) is 8.10. The maximum absolute atomic E-state index is 9.99. The summed E-state index contributed by atoms with van der Waals surface area (Å²) >= 11 is 1.40. The number of aromatic nitrogens is 1. The summed E-state index contributed by atoms with van der Waals surface area (Å²) in [5, 5.41) is 0.468. The van der Waals surface area contributed by atoms with E-state index in [0.29, 0.717) is 5.13 Å². The second-order valence-corrected chi connectivity index (χ2v) is 3.68. The van der Waals surface area contributed by atoms with Gasteiger partial charge in [-0.2, -0.15) is 0 Å². The van der Waals surface area contributed by atoms with Crippen molar-refractivity contribution in [3.05, 3.63) is 23.8 Å². The summed E-state index contributed by atoms with van der Waals surface area (Å²) in [6.07, 6.45) is 1.48. The van der Waals surface area contributed by atoms with E-state index in [1.807, 2.05) is 25.1 Å². The molecule has 0 radical (unpaired) electrons. The van der Waals surface area contributed by atoms with Crippen molar-refractivity contribution < 1.29 is 4.79 Å². The molecule has 3 nitrogen and oxygen atoms in total. The number of hydrogen-bond acceptors (Lipinski definition) is 4. The van der Waals surface area contributed by atoms with E-state index in [4.69, 9.17) is 0 Å². The van der Waals surface area contributed by atoms with E-state index in [1.54, 1.807) is 0 Å². The summed E-state index contributed by atoms with van der Waals surface area (Å²) < 4.78 is 1.05. The van der Waals surface area contributed by atoms with Gasteiger partial charge < -0.3 is 0 Å². The van der Waals surface area contributed by atoms with Crippen molar-refractivity contribution in [3.63, 3.8) is 0 Å². The molecule has 1 aromatic carbocycles. The van der Waals surface area contributed by atoms with Crippen molar-refractivity contribution in [3.8, 4) is 0 Å². The topological polar surface area (TPSA) is 42.3 Å². The zero-order chi connectivity index (χ0) is 9.26. The fourth-order valence-electron chi connectivity index (χ4n) is 1.11. The molecule has 1 heterocycles. The zero-order valence-corrected chi connectivity index (χ0v) is 7.76. The predicted molar refractivity (Wildman–Crippen MR) is 52.1 cm³/mol. The molecule has 1 aromatic heterocycles. The highest BCUT2D eigenvalue weighted by Gasteiger charge is 2.01. The molecule has 0 saturated carbocycles. The second kappa shape index (κ2) is 3.09. The Morgan fingerprint density at radius 1 is 1.54 bits per heavy atom. The van der Waals surface area contributed by atoms with Gasteiger partial charge in [0.15, 0.2) is 0 Å². The van der Waals surface area contributed by atoms with Crippen LogP contribution in [0.25, 0.3) is 10.2 Å². The van der Waals surface area contributed by atoms with Gasteiger partial charge in [-0.3, -0.25) is 0 Å². The molecule has 0 aliphatic carbocycles. The van der Waals surface area contributed by atoms with E-state index in [9.17, 15) is 4.79 Å². The molecular formula is C9H6N2OS. The lowest BCUT2D eigenvalue weighted by molar-refractivity contribution is 0.565. The fraction of sp³-hybridized carbons (Fsp3) is 0.111. The SMILES string of the molecule is Cc1ccc2nc(N=C=O)sc2c1. The molecule has 2 rings (SSSR count). The molecule has 13 heavy (non-hydrogen) atoms. The average Bonchev–Trinajstić information content (AvgIpc) is 2.46. The van der Waals surface area contributed by atoms with Gasteiger partial charge in [0.2, 0.25) is 11.2 Å². The third kappa shape index (κ3) is 1.49. The first-order valence-corrected chi connectivity index (χ1v) is 4.56. The summed E-state index contributed by atoms with van der Waals surface area (Å²) in [7, 11) is 0. The summed E-state index contributed by atoms with van der Waals surface area (Å²) in [4.78, 5) is 17.6. The average molecular weight is 190 g/mol. The van der Waals surface area contributed by atoms with Crippen LogP contribution in [0, 0.1) is 6.92 Å². The van der Waals surface area contributed by atoms with E-state index < -0.39 is 0 Å². The first-order chi connectivity index (χ1) is 6.29. The number of carbonyl (C=O) groups excluding carboxylic acids is 1. The minimum absolute atomic E-state index is 0.468. The number of hydrogen-bond donors (Lipinski definition) is 0. The molecule has 4 heteroatoms. The van der Waals surface area contributed by atoms with Crippen LogP contribution in [-0.4, -0.2) is 11.1 Å². The van der Waals surface area contributed by atoms with Crippen molar-refractivity contribution in [2.75, 3.05) is 0 Å². The van der Waals surface area contributed by atoms with Crippen LogP contribution in [0.5, 0.6) is 0 Å². The Labute approximate surface area is 78.8 Å². The smallest absolute Gasteiger partial charge is 0.218 e. The second-order valence-electron chi connectivity index (χ2n) is 2.67. The van der Waals surface area contributed by atoms with Gasteiger partial charge in [0.05, 0.1) is 10.2 Å². The number of nitrogens with zero attached hydrogens (tertiary/aromatic N) is 2. The molecule has 0 amide bonds. The van der Waals surface area contributed by atoms with E-state index in [-0.39, 0.29) is 0 Å². The minimum Gasteiger partial charge on any atom is -0.218 e. The van der Waals surface area contributed by atoms with Crippen LogP contribution in [0.4, 0.5) is 5.13 Å². The number of thiazole rings is 1. The quantitative estimate of drug-likeness (QED) is 0.512. The largest absolute Gasteiger partial charge is 0.242 e.